The summed E-state index contributed by atoms with van der Waals surface area (Å²) in [6.45, 7) is 5.03. The molecule has 8 heteroatoms. The molecule has 1 atom stereocenters. The summed E-state index contributed by atoms with van der Waals surface area (Å²) in [5.74, 6) is 0.896. The molecule has 3 heterocycles. The summed E-state index contributed by atoms with van der Waals surface area (Å²) in [4.78, 5) is 22.6. The number of anilines is 1. The molecular formula is C28H26N6OS. The number of carbonyl (C=O) groups excluding carboxylic acids is 1. The quantitative estimate of drug-likeness (QED) is 0.328. The van der Waals surface area contributed by atoms with Gasteiger partial charge in [-0.15, -0.1) is 10.2 Å². The maximum absolute atomic E-state index is 13.4. The van der Waals surface area contributed by atoms with E-state index in [1.165, 1.54) is 17.4 Å². The lowest BCUT2D eigenvalue weighted by atomic mass is 10.2. The Morgan fingerprint density at radius 3 is 2.25 bits per heavy atom. The summed E-state index contributed by atoms with van der Waals surface area (Å²) in [6.07, 6.45) is 0. The Hall–Kier alpha value is -3.91. The maximum atomic E-state index is 13.4. The van der Waals surface area contributed by atoms with Crippen LogP contribution in [-0.4, -0.2) is 61.8 Å². The first kappa shape index (κ1) is 22.5. The van der Waals surface area contributed by atoms with Crippen molar-refractivity contribution in [2.75, 3.05) is 31.1 Å². The molecule has 36 heavy (non-hydrogen) atoms. The van der Waals surface area contributed by atoms with E-state index in [1.54, 1.807) is 0 Å². The Labute approximate surface area is 213 Å². The second-order valence-electron chi connectivity index (χ2n) is 8.87. The van der Waals surface area contributed by atoms with E-state index in [-0.39, 0.29) is 11.2 Å². The van der Waals surface area contributed by atoms with Crippen molar-refractivity contribution in [3.8, 4) is 11.4 Å². The zero-order chi connectivity index (χ0) is 24.5. The van der Waals surface area contributed by atoms with E-state index in [1.807, 2.05) is 76.9 Å². The van der Waals surface area contributed by atoms with Crippen LogP contribution in [0.4, 0.5) is 5.69 Å². The Morgan fingerprint density at radius 1 is 0.833 bits per heavy atom. The van der Waals surface area contributed by atoms with E-state index in [9.17, 15) is 4.79 Å². The fourth-order valence-electron chi connectivity index (χ4n) is 4.71. The van der Waals surface area contributed by atoms with Gasteiger partial charge in [0.2, 0.25) is 5.91 Å². The van der Waals surface area contributed by atoms with Crippen molar-refractivity contribution in [1.82, 2.24) is 24.5 Å². The molecule has 1 saturated heterocycles. The Morgan fingerprint density at radius 2 is 1.50 bits per heavy atom. The average Bonchev–Trinajstić information content (AvgIpc) is 3.37. The number of piperazine rings is 1. The molecule has 1 aliphatic rings. The van der Waals surface area contributed by atoms with Crippen molar-refractivity contribution in [2.24, 2.45) is 0 Å². The number of fused-ring (bicyclic) bond motifs is 3. The third-order valence-corrected chi connectivity index (χ3v) is 7.62. The number of para-hydroxylation sites is 2. The number of aromatic nitrogens is 4. The lowest BCUT2D eigenvalue weighted by Gasteiger charge is -2.37. The van der Waals surface area contributed by atoms with Crippen LogP contribution in [0.15, 0.2) is 90.1 Å². The van der Waals surface area contributed by atoms with Gasteiger partial charge in [0.15, 0.2) is 10.8 Å². The smallest absolute Gasteiger partial charge is 0.236 e. The molecule has 5 aromatic rings. The van der Waals surface area contributed by atoms with Gasteiger partial charge in [-0.05, 0) is 31.2 Å². The number of thioether (sulfide) groups is 1. The normalized spacial score (nSPS) is 14.9. The number of amides is 1. The van der Waals surface area contributed by atoms with Gasteiger partial charge in [0, 0.05) is 42.8 Å². The summed E-state index contributed by atoms with van der Waals surface area (Å²) in [7, 11) is 0. The predicted octanol–water partition coefficient (Wildman–Crippen LogP) is 4.77. The molecule has 180 valence electrons. The van der Waals surface area contributed by atoms with Crippen molar-refractivity contribution in [2.45, 2.75) is 17.3 Å². The minimum absolute atomic E-state index is 0.125. The molecule has 3 aromatic carbocycles. The van der Waals surface area contributed by atoms with E-state index in [4.69, 9.17) is 4.98 Å². The molecule has 0 radical (unpaired) electrons. The summed E-state index contributed by atoms with van der Waals surface area (Å²) in [5, 5.41) is 10.3. The minimum Gasteiger partial charge on any atom is -0.368 e. The first-order chi connectivity index (χ1) is 17.7. The zero-order valence-corrected chi connectivity index (χ0v) is 20.8. The van der Waals surface area contributed by atoms with Crippen LogP contribution in [0.5, 0.6) is 0 Å². The highest BCUT2D eigenvalue weighted by Gasteiger charge is 2.27. The predicted molar refractivity (Wildman–Crippen MR) is 144 cm³/mol. The van der Waals surface area contributed by atoms with Crippen LogP contribution in [0, 0.1) is 0 Å². The molecule has 0 aliphatic carbocycles. The van der Waals surface area contributed by atoms with Crippen molar-refractivity contribution in [3.05, 3.63) is 84.9 Å². The lowest BCUT2D eigenvalue weighted by Crippen LogP contribution is -2.50. The lowest BCUT2D eigenvalue weighted by molar-refractivity contribution is -0.130. The average molecular weight is 495 g/mol. The maximum Gasteiger partial charge on any atom is 0.236 e. The molecule has 1 aliphatic heterocycles. The van der Waals surface area contributed by atoms with Crippen molar-refractivity contribution >= 4 is 39.9 Å². The highest BCUT2D eigenvalue weighted by molar-refractivity contribution is 8.00. The SMILES string of the molecule is C[C@@H](Sc1nnc2c3ccccc3nc(-c3ccccc3)n12)C(=O)N1CCN(c2ccccc2)CC1. The minimum atomic E-state index is -0.296. The summed E-state index contributed by atoms with van der Waals surface area (Å²) in [5.41, 5.74) is 3.80. The van der Waals surface area contributed by atoms with E-state index in [0.29, 0.717) is 18.2 Å². The third-order valence-electron chi connectivity index (χ3n) is 6.59. The second-order valence-corrected chi connectivity index (χ2v) is 10.2. The van der Waals surface area contributed by atoms with Crippen LogP contribution in [-0.2, 0) is 4.79 Å². The number of rotatable bonds is 5. The standard InChI is InChI=1S/C28H26N6OS/c1-20(27(35)33-18-16-32(17-19-33)22-12-6-3-7-13-22)36-28-31-30-26-23-14-8-9-15-24(23)29-25(34(26)28)21-10-4-2-5-11-21/h2-15,20H,16-19H2,1H3/t20-/m1/s1. The number of carbonyl (C=O) groups is 1. The van der Waals surface area contributed by atoms with Gasteiger partial charge in [-0.3, -0.25) is 9.20 Å². The topological polar surface area (TPSA) is 66.6 Å². The molecule has 2 aromatic heterocycles. The first-order valence-corrected chi connectivity index (χ1v) is 13.0. The van der Waals surface area contributed by atoms with Crippen LogP contribution in [0.2, 0.25) is 0 Å². The van der Waals surface area contributed by atoms with Crippen LogP contribution in [0.1, 0.15) is 6.92 Å². The summed E-state index contributed by atoms with van der Waals surface area (Å²) in [6, 6.07) is 28.4. The Kier molecular flexibility index (Phi) is 6.03. The van der Waals surface area contributed by atoms with E-state index in [0.717, 1.165) is 41.0 Å². The second kappa shape index (κ2) is 9.62. The first-order valence-electron chi connectivity index (χ1n) is 12.1. The Bertz CT molecular complexity index is 1510. The van der Waals surface area contributed by atoms with Gasteiger partial charge in [-0.1, -0.05) is 72.4 Å². The molecule has 1 amide bonds. The van der Waals surface area contributed by atoms with Gasteiger partial charge in [-0.2, -0.15) is 0 Å². The third kappa shape index (κ3) is 4.18. The van der Waals surface area contributed by atoms with Gasteiger partial charge in [0.05, 0.1) is 10.8 Å². The largest absolute Gasteiger partial charge is 0.368 e. The molecule has 0 saturated carbocycles. The highest BCUT2D eigenvalue weighted by atomic mass is 32.2. The fourth-order valence-corrected chi connectivity index (χ4v) is 5.64. The molecule has 0 bridgehead atoms. The molecular weight excluding hydrogens is 468 g/mol. The summed E-state index contributed by atoms with van der Waals surface area (Å²) < 4.78 is 1.99. The van der Waals surface area contributed by atoms with Gasteiger partial charge < -0.3 is 9.80 Å². The molecule has 7 nitrogen and oxygen atoms in total. The van der Waals surface area contributed by atoms with Crippen LogP contribution < -0.4 is 4.90 Å². The molecule has 0 spiro atoms. The van der Waals surface area contributed by atoms with Gasteiger partial charge >= 0.3 is 0 Å². The van der Waals surface area contributed by atoms with Gasteiger partial charge in [0.1, 0.15) is 5.82 Å². The van der Waals surface area contributed by atoms with Crippen LogP contribution in [0.3, 0.4) is 0 Å². The summed E-state index contributed by atoms with van der Waals surface area (Å²) >= 11 is 1.44. The van der Waals surface area contributed by atoms with Crippen LogP contribution >= 0.6 is 11.8 Å². The monoisotopic (exact) mass is 494 g/mol. The fraction of sp³-hybridized carbons (Fsp3) is 0.214. The molecule has 0 N–H and O–H groups in total. The number of nitrogens with zero attached hydrogens (tertiary/aromatic N) is 6. The highest BCUT2D eigenvalue weighted by Crippen LogP contribution is 2.31. The molecule has 6 rings (SSSR count). The van der Waals surface area contributed by atoms with E-state index in [2.05, 4.69) is 39.4 Å². The molecule has 0 unspecified atom stereocenters. The van der Waals surface area contributed by atoms with Gasteiger partial charge in [0.25, 0.3) is 0 Å². The van der Waals surface area contributed by atoms with E-state index < -0.39 is 0 Å². The van der Waals surface area contributed by atoms with Gasteiger partial charge in [-0.25, -0.2) is 4.98 Å². The van der Waals surface area contributed by atoms with E-state index >= 15 is 0 Å². The van der Waals surface area contributed by atoms with Crippen molar-refractivity contribution in [1.29, 1.82) is 0 Å². The molecule has 1 fully saturated rings. The number of benzene rings is 3. The van der Waals surface area contributed by atoms with Crippen molar-refractivity contribution < 1.29 is 4.79 Å². The number of hydrogen-bond acceptors (Lipinski definition) is 6. The van der Waals surface area contributed by atoms with Crippen molar-refractivity contribution in [3.63, 3.8) is 0 Å². The number of hydrogen-bond donors (Lipinski definition) is 0. The zero-order valence-electron chi connectivity index (χ0n) is 20.0. The Balaban J connectivity index is 1.27. The van der Waals surface area contributed by atoms with Crippen LogP contribution in [0.25, 0.3) is 27.9 Å².